The Bertz CT molecular complexity index is 395. The van der Waals surface area contributed by atoms with Gasteiger partial charge in [0.15, 0.2) is 0 Å². The lowest BCUT2D eigenvalue weighted by Gasteiger charge is -2.18. The van der Waals surface area contributed by atoms with Crippen molar-refractivity contribution in [2.45, 2.75) is 33.0 Å². The van der Waals surface area contributed by atoms with Crippen molar-refractivity contribution in [2.75, 3.05) is 0 Å². The zero-order chi connectivity index (χ0) is 11.8. The third kappa shape index (κ3) is 2.62. The lowest BCUT2D eigenvalue weighted by molar-refractivity contribution is 0.100. The Labute approximate surface area is 109 Å². The summed E-state index contributed by atoms with van der Waals surface area (Å²) in [6.45, 7) is 8.92. The van der Waals surface area contributed by atoms with Crippen LogP contribution in [0, 0.1) is 2.88 Å². The number of amides is 1. The largest absolute Gasteiger partial charge is 0.365 e. The van der Waals surface area contributed by atoms with Gasteiger partial charge in [-0.1, -0.05) is 26.6 Å². The molecule has 0 spiro atoms. The van der Waals surface area contributed by atoms with E-state index in [-0.39, 0.29) is 5.91 Å². The number of nitrogens with two attached hydrogens (primary N) is 1. The van der Waals surface area contributed by atoms with Gasteiger partial charge in [0.05, 0.1) is 15.8 Å². The van der Waals surface area contributed by atoms with Gasteiger partial charge in [0.1, 0.15) is 0 Å². The Morgan fingerprint density at radius 2 is 2.00 bits per heavy atom. The number of carbonyl (C=O) groups excluding carboxylic acids is 1. The van der Waals surface area contributed by atoms with Gasteiger partial charge in [-0.25, -0.2) is 0 Å². The zero-order valence-corrected chi connectivity index (χ0v) is 13.5. The van der Waals surface area contributed by atoms with Crippen molar-refractivity contribution in [3.8, 4) is 0 Å². The summed E-state index contributed by atoms with van der Waals surface area (Å²) in [5.41, 5.74) is 6.78. The molecule has 1 rings (SSSR count). The molecule has 1 aromatic heterocycles. The number of hydrogen-bond acceptors (Lipinski definition) is 2. The summed E-state index contributed by atoms with van der Waals surface area (Å²) in [7, 11) is -1.48. The van der Waals surface area contributed by atoms with Gasteiger partial charge in [0.25, 0.3) is 5.91 Å². The molecule has 1 aromatic rings. The van der Waals surface area contributed by atoms with E-state index in [1.54, 1.807) is 11.3 Å². The van der Waals surface area contributed by atoms with E-state index in [0.717, 1.165) is 11.3 Å². The Hall–Kier alpha value is 0.117. The molecule has 2 N–H and O–H groups in total. The highest BCUT2D eigenvalue weighted by Gasteiger charge is 2.29. The van der Waals surface area contributed by atoms with Crippen LogP contribution in [0.4, 0.5) is 0 Å². The second kappa shape index (κ2) is 4.55. The molecule has 84 valence electrons. The zero-order valence-electron chi connectivity index (χ0n) is 9.48. The molecule has 0 saturated heterocycles. The van der Waals surface area contributed by atoms with Crippen LogP contribution in [0.15, 0.2) is 0 Å². The van der Waals surface area contributed by atoms with E-state index < -0.39 is 8.07 Å². The van der Waals surface area contributed by atoms with Crippen molar-refractivity contribution >= 4 is 53.1 Å². The third-order valence-electron chi connectivity index (χ3n) is 2.29. The second-order valence-electron chi connectivity index (χ2n) is 4.53. The standard InChI is InChI=1S/C10H16INOSSi/c1-5-6-8(15(2,3)4)7(10(12)13)14-9(6)11/h5H2,1-4H3,(H2,12,13). The van der Waals surface area contributed by atoms with Crippen molar-refractivity contribution in [1.29, 1.82) is 0 Å². The summed E-state index contributed by atoms with van der Waals surface area (Å²) in [4.78, 5) is 12.2. The molecule has 15 heavy (non-hydrogen) atoms. The number of thiophene rings is 1. The molecule has 0 aromatic carbocycles. The first-order valence-corrected chi connectivity index (χ1v) is 10.3. The van der Waals surface area contributed by atoms with Crippen molar-refractivity contribution in [2.24, 2.45) is 5.73 Å². The van der Waals surface area contributed by atoms with Crippen LogP contribution in [-0.4, -0.2) is 14.0 Å². The van der Waals surface area contributed by atoms with Crippen molar-refractivity contribution in [3.63, 3.8) is 0 Å². The molecule has 0 fully saturated rings. The maximum absolute atomic E-state index is 11.4. The molecule has 0 radical (unpaired) electrons. The topological polar surface area (TPSA) is 43.1 Å². The number of rotatable bonds is 3. The lowest BCUT2D eigenvalue weighted by Crippen LogP contribution is -2.43. The highest BCUT2D eigenvalue weighted by Crippen LogP contribution is 2.26. The normalized spacial score (nSPS) is 11.8. The van der Waals surface area contributed by atoms with Crippen LogP contribution in [0.5, 0.6) is 0 Å². The smallest absolute Gasteiger partial charge is 0.258 e. The Morgan fingerprint density at radius 3 is 2.33 bits per heavy atom. The van der Waals surface area contributed by atoms with Gasteiger partial charge in [-0.3, -0.25) is 4.79 Å². The molecule has 0 atom stereocenters. The Morgan fingerprint density at radius 1 is 1.47 bits per heavy atom. The molecular formula is C10H16INOSSi. The van der Waals surface area contributed by atoms with E-state index >= 15 is 0 Å². The van der Waals surface area contributed by atoms with Gasteiger partial charge in [-0.05, 0) is 39.8 Å². The minimum absolute atomic E-state index is 0.268. The lowest BCUT2D eigenvalue weighted by atomic mass is 10.2. The van der Waals surface area contributed by atoms with E-state index in [1.165, 1.54) is 13.6 Å². The van der Waals surface area contributed by atoms with Gasteiger partial charge in [-0.15, -0.1) is 11.3 Å². The van der Waals surface area contributed by atoms with Crippen molar-refractivity contribution < 1.29 is 4.79 Å². The number of carbonyl (C=O) groups is 1. The summed E-state index contributed by atoms with van der Waals surface area (Å²) in [5.74, 6) is -0.268. The average molecular weight is 353 g/mol. The van der Waals surface area contributed by atoms with Gasteiger partial charge >= 0.3 is 0 Å². The fraction of sp³-hybridized carbons (Fsp3) is 0.500. The fourth-order valence-electron chi connectivity index (χ4n) is 1.72. The fourth-order valence-corrected chi connectivity index (χ4v) is 7.33. The van der Waals surface area contributed by atoms with Gasteiger partial charge in [0, 0.05) is 0 Å². The van der Waals surface area contributed by atoms with Crippen LogP contribution in [0.3, 0.4) is 0 Å². The quantitative estimate of drug-likeness (QED) is 0.659. The van der Waals surface area contributed by atoms with Gasteiger partial charge in [-0.2, -0.15) is 0 Å². The van der Waals surface area contributed by atoms with Gasteiger partial charge < -0.3 is 5.73 Å². The third-order valence-corrected chi connectivity index (χ3v) is 6.86. The summed E-state index contributed by atoms with van der Waals surface area (Å²) in [6.07, 6.45) is 0.988. The van der Waals surface area contributed by atoms with Crippen LogP contribution in [0.25, 0.3) is 0 Å². The van der Waals surface area contributed by atoms with E-state index in [4.69, 9.17) is 5.73 Å². The van der Waals surface area contributed by atoms with E-state index in [1.807, 2.05) is 0 Å². The monoisotopic (exact) mass is 353 g/mol. The molecule has 2 nitrogen and oxygen atoms in total. The molecule has 1 amide bonds. The molecule has 0 saturated carbocycles. The summed E-state index contributed by atoms with van der Waals surface area (Å²) < 4.78 is 1.22. The molecule has 1 heterocycles. The Kier molecular flexibility index (Phi) is 3.99. The van der Waals surface area contributed by atoms with Crippen LogP contribution in [0.2, 0.25) is 19.6 Å². The number of hydrogen-bond donors (Lipinski definition) is 1. The summed E-state index contributed by atoms with van der Waals surface area (Å²) in [6, 6.07) is 0. The highest BCUT2D eigenvalue weighted by molar-refractivity contribution is 14.1. The highest BCUT2D eigenvalue weighted by atomic mass is 127. The maximum Gasteiger partial charge on any atom is 0.258 e. The van der Waals surface area contributed by atoms with Crippen LogP contribution in [-0.2, 0) is 6.42 Å². The molecular weight excluding hydrogens is 337 g/mol. The SMILES string of the molecule is CCc1c(I)sc(C(N)=O)c1[Si](C)(C)C. The average Bonchev–Trinajstić information content (AvgIpc) is 2.41. The first-order chi connectivity index (χ1) is 6.79. The summed E-state index contributed by atoms with van der Waals surface area (Å²) in [5, 5.41) is 1.27. The van der Waals surface area contributed by atoms with E-state index in [0.29, 0.717) is 0 Å². The predicted molar refractivity (Wildman–Crippen MR) is 77.9 cm³/mol. The number of primary amides is 1. The first-order valence-electron chi connectivity index (χ1n) is 4.90. The second-order valence-corrected chi connectivity index (χ2v) is 12.4. The van der Waals surface area contributed by atoms with E-state index in [9.17, 15) is 4.79 Å². The van der Waals surface area contributed by atoms with Crippen LogP contribution in [0.1, 0.15) is 22.2 Å². The van der Waals surface area contributed by atoms with Crippen molar-refractivity contribution in [3.05, 3.63) is 13.3 Å². The first kappa shape index (κ1) is 13.2. The summed E-state index contributed by atoms with van der Waals surface area (Å²) >= 11 is 3.86. The molecule has 0 aliphatic heterocycles. The van der Waals surface area contributed by atoms with E-state index in [2.05, 4.69) is 49.2 Å². The molecule has 5 heteroatoms. The minimum Gasteiger partial charge on any atom is -0.365 e. The predicted octanol–water partition coefficient (Wildman–Crippen LogP) is 2.56. The molecule has 0 bridgehead atoms. The molecule has 0 unspecified atom stereocenters. The maximum atomic E-state index is 11.4. The van der Waals surface area contributed by atoms with Gasteiger partial charge in [0.2, 0.25) is 0 Å². The molecule has 0 aliphatic rings. The van der Waals surface area contributed by atoms with Crippen LogP contribution < -0.4 is 10.9 Å². The number of halogens is 1. The van der Waals surface area contributed by atoms with Crippen LogP contribution >= 0.6 is 33.9 Å². The molecule has 0 aliphatic carbocycles. The minimum atomic E-state index is -1.48. The van der Waals surface area contributed by atoms with Crippen molar-refractivity contribution in [1.82, 2.24) is 0 Å². The Balaban J connectivity index is 3.49.